The van der Waals surface area contributed by atoms with E-state index >= 15 is 0 Å². The topological polar surface area (TPSA) is 76.1 Å². The highest BCUT2D eigenvalue weighted by Crippen LogP contribution is 2.42. The first-order valence-electron chi connectivity index (χ1n) is 8.48. The number of carboxylic acid groups (broad SMARTS) is 1. The van der Waals surface area contributed by atoms with Crippen molar-refractivity contribution >= 4 is 11.9 Å². The highest BCUT2D eigenvalue weighted by atomic mass is 16.5. The predicted octanol–water partition coefficient (Wildman–Crippen LogP) is 2.18. The molecule has 2 fully saturated rings. The van der Waals surface area contributed by atoms with E-state index in [9.17, 15) is 14.7 Å². The average Bonchev–Trinajstić information content (AvgIpc) is 3.14. The molecule has 0 spiro atoms. The smallest absolute Gasteiger partial charge is 0.326 e. The zero-order valence-electron chi connectivity index (χ0n) is 13.8. The summed E-state index contributed by atoms with van der Waals surface area (Å²) in [4.78, 5) is 25.6. The number of carbonyl (C=O) groups excluding carboxylic acids is 1. The van der Waals surface area contributed by atoms with Crippen molar-refractivity contribution in [1.29, 1.82) is 0 Å². The Kier molecular flexibility index (Phi) is 4.92. The Labute approximate surface area is 141 Å². The third-order valence-corrected chi connectivity index (χ3v) is 4.96. The quantitative estimate of drug-likeness (QED) is 0.863. The fraction of sp³-hybridized carbons (Fsp3) is 0.556. The summed E-state index contributed by atoms with van der Waals surface area (Å²) >= 11 is 0. The second kappa shape index (κ2) is 7.11. The molecule has 0 radical (unpaired) electrons. The predicted molar refractivity (Wildman–Crippen MR) is 87.1 cm³/mol. The molecule has 6 heteroatoms. The van der Waals surface area contributed by atoms with Crippen LogP contribution in [0.4, 0.5) is 0 Å². The van der Waals surface area contributed by atoms with Crippen molar-refractivity contribution < 1.29 is 24.2 Å². The lowest BCUT2D eigenvalue weighted by Gasteiger charge is -2.24. The second-order valence-electron chi connectivity index (χ2n) is 6.35. The van der Waals surface area contributed by atoms with Crippen LogP contribution in [0.2, 0.25) is 0 Å². The summed E-state index contributed by atoms with van der Waals surface area (Å²) in [6.07, 6.45) is 2.95. The number of hydrogen-bond donors (Lipinski definition) is 1. The van der Waals surface area contributed by atoms with Gasteiger partial charge in [-0.1, -0.05) is 18.6 Å². The fourth-order valence-electron chi connectivity index (χ4n) is 3.95. The molecular weight excluding hydrogens is 310 g/mol. The number of rotatable bonds is 6. The second-order valence-corrected chi connectivity index (χ2v) is 6.35. The molecule has 3 atom stereocenters. The number of amides is 1. The molecule has 1 N–H and O–H groups in total. The Hall–Kier alpha value is -2.24. The molecule has 6 nitrogen and oxygen atoms in total. The van der Waals surface area contributed by atoms with Gasteiger partial charge in [0.05, 0.1) is 6.61 Å². The van der Waals surface area contributed by atoms with Gasteiger partial charge in [0.25, 0.3) is 5.91 Å². The van der Waals surface area contributed by atoms with Gasteiger partial charge in [-0.05, 0) is 43.7 Å². The molecule has 1 aliphatic heterocycles. The van der Waals surface area contributed by atoms with Gasteiger partial charge in [0, 0.05) is 6.54 Å². The number of benzene rings is 1. The Bertz CT molecular complexity index is 617. The van der Waals surface area contributed by atoms with Crippen LogP contribution in [0, 0.1) is 11.8 Å². The summed E-state index contributed by atoms with van der Waals surface area (Å²) in [6.45, 7) is 2.73. The van der Waals surface area contributed by atoms with Crippen molar-refractivity contribution in [2.24, 2.45) is 11.8 Å². The monoisotopic (exact) mass is 333 g/mol. The summed E-state index contributed by atoms with van der Waals surface area (Å²) in [5.74, 6) is 0.295. The summed E-state index contributed by atoms with van der Waals surface area (Å²) in [7, 11) is 0. The van der Waals surface area contributed by atoms with E-state index in [1.165, 1.54) is 4.90 Å². The number of ether oxygens (including phenoxy) is 2. The van der Waals surface area contributed by atoms with Gasteiger partial charge in [-0.2, -0.15) is 0 Å². The lowest BCUT2D eigenvalue weighted by Crippen LogP contribution is -2.45. The number of carbonyl (C=O) groups is 2. The van der Waals surface area contributed by atoms with Crippen LogP contribution in [0.15, 0.2) is 24.3 Å². The van der Waals surface area contributed by atoms with Crippen LogP contribution in [-0.4, -0.2) is 47.7 Å². The molecule has 1 heterocycles. The van der Waals surface area contributed by atoms with Crippen molar-refractivity contribution in [2.45, 2.75) is 32.2 Å². The maximum atomic E-state index is 12.5. The lowest BCUT2D eigenvalue weighted by molar-refractivity contribution is -0.150. The van der Waals surface area contributed by atoms with Gasteiger partial charge in [0.2, 0.25) is 0 Å². The van der Waals surface area contributed by atoms with Gasteiger partial charge in [-0.15, -0.1) is 0 Å². The maximum absolute atomic E-state index is 12.5. The molecule has 1 amide bonds. The van der Waals surface area contributed by atoms with E-state index in [-0.39, 0.29) is 18.4 Å². The molecule has 1 aliphatic carbocycles. The molecule has 0 bridgehead atoms. The van der Waals surface area contributed by atoms with Crippen molar-refractivity contribution in [1.82, 2.24) is 4.90 Å². The molecule has 24 heavy (non-hydrogen) atoms. The first-order chi connectivity index (χ1) is 11.6. The summed E-state index contributed by atoms with van der Waals surface area (Å²) in [5, 5.41) is 9.52. The van der Waals surface area contributed by atoms with Crippen LogP contribution in [0.3, 0.4) is 0 Å². The van der Waals surface area contributed by atoms with E-state index in [1.54, 1.807) is 12.1 Å². The Balaban J connectivity index is 1.66. The summed E-state index contributed by atoms with van der Waals surface area (Å²) in [6, 6.07) is 6.45. The van der Waals surface area contributed by atoms with E-state index < -0.39 is 12.0 Å². The molecule has 1 aromatic rings. The van der Waals surface area contributed by atoms with Crippen molar-refractivity contribution in [2.75, 3.05) is 19.8 Å². The van der Waals surface area contributed by atoms with E-state index in [4.69, 9.17) is 9.47 Å². The van der Waals surface area contributed by atoms with Crippen LogP contribution >= 0.6 is 0 Å². The Morgan fingerprint density at radius 1 is 1.21 bits per heavy atom. The molecular formula is C18H23NO5. The van der Waals surface area contributed by atoms with Crippen LogP contribution in [0.5, 0.6) is 11.5 Å². The van der Waals surface area contributed by atoms with Crippen molar-refractivity contribution in [3.05, 3.63) is 24.3 Å². The van der Waals surface area contributed by atoms with Crippen molar-refractivity contribution in [3.63, 3.8) is 0 Å². The molecule has 0 aromatic heterocycles. The van der Waals surface area contributed by atoms with Gasteiger partial charge in [-0.3, -0.25) is 4.79 Å². The number of aliphatic carboxylic acids is 1. The minimum atomic E-state index is -0.910. The number of nitrogens with zero attached hydrogens (tertiary/aromatic N) is 1. The first kappa shape index (κ1) is 16.6. The normalized spacial score (nSPS) is 25.4. The van der Waals surface area contributed by atoms with Crippen molar-refractivity contribution in [3.8, 4) is 11.5 Å². The zero-order chi connectivity index (χ0) is 17.1. The molecule has 2 aliphatic rings. The van der Waals surface area contributed by atoms with E-state index in [0.717, 1.165) is 19.3 Å². The number of hydrogen-bond acceptors (Lipinski definition) is 4. The molecule has 130 valence electrons. The number of likely N-dealkylation sites (tertiary alicyclic amines) is 1. The van der Waals surface area contributed by atoms with Crippen LogP contribution in [-0.2, 0) is 9.59 Å². The lowest BCUT2D eigenvalue weighted by atomic mass is 9.94. The minimum Gasteiger partial charge on any atom is -0.490 e. The highest BCUT2D eigenvalue weighted by Gasteiger charge is 2.49. The van der Waals surface area contributed by atoms with Crippen LogP contribution in [0.1, 0.15) is 26.2 Å². The molecule has 1 saturated carbocycles. The average molecular weight is 333 g/mol. The number of para-hydroxylation sites is 2. The largest absolute Gasteiger partial charge is 0.490 e. The zero-order valence-corrected chi connectivity index (χ0v) is 13.8. The SMILES string of the molecule is CCOc1ccccc1OCC(=O)N1CC2CCCC2C1C(=O)O. The summed E-state index contributed by atoms with van der Waals surface area (Å²) in [5.41, 5.74) is 0. The molecule has 1 saturated heterocycles. The maximum Gasteiger partial charge on any atom is 0.326 e. The van der Waals surface area contributed by atoms with E-state index in [1.807, 2.05) is 19.1 Å². The third kappa shape index (κ3) is 3.18. The van der Waals surface area contributed by atoms with Gasteiger partial charge in [0.1, 0.15) is 6.04 Å². The molecule has 3 rings (SSSR count). The van der Waals surface area contributed by atoms with Gasteiger partial charge in [0.15, 0.2) is 18.1 Å². The van der Waals surface area contributed by atoms with Crippen LogP contribution in [0.25, 0.3) is 0 Å². The standard InChI is InChI=1S/C18H23NO5/c1-2-23-14-8-3-4-9-15(14)24-11-16(20)19-10-12-6-5-7-13(12)17(19)18(21)22/h3-4,8-9,12-13,17H,2,5-7,10-11H2,1H3,(H,21,22). The Morgan fingerprint density at radius 2 is 1.92 bits per heavy atom. The molecule has 3 unspecified atom stereocenters. The van der Waals surface area contributed by atoms with Crippen LogP contribution < -0.4 is 9.47 Å². The fourth-order valence-corrected chi connectivity index (χ4v) is 3.95. The van der Waals surface area contributed by atoms with E-state index in [2.05, 4.69) is 0 Å². The first-order valence-corrected chi connectivity index (χ1v) is 8.48. The highest BCUT2D eigenvalue weighted by molar-refractivity contribution is 5.85. The Morgan fingerprint density at radius 3 is 2.58 bits per heavy atom. The number of fused-ring (bicyclic) bond motifs is 1. The van der Waals surface area contributed by atoms with E-state index in [0.29, 0.717) is 30.6 Å². The third-order valence-electron chi connectivity index (χ3n) is 4.96. The number of carboxylic acids is 1. The van der Waals surface area contributed by atoms with Gasteiger partial charge in [-0.25, -0.2) is 4.79 Å². The molecule has 1 aromatic carbocycles. The summed E-state index contributed by atoms with van der Waals surface area (Å²) < 4.78 is 11.1. The van der Waals surface area contributed by atoms with Gasteiger partial charge < -0.3 is 19.5 Å². The van der Waals surface area contributed by atoms with Gasteiger partial charge >= 0.3 is 5.97 Å². The minimum absolute atomic E-state index is 0.0853.